The molecule has 0 amide bonds. The topological polar surface area (TPSA) is 125 Å². The van der Waals surface area contributed by atoms with Crippen molar-refractivity contribution in [2.45, 2.75) is 17.6 Å². The fourth-order valence-corrected chi connectivity index (χ4v) is 5.06. The van der Waals surface area contributed by atoms with Gasteiger partial charge in [-0.2, -0.15) is 28.1 Å². The van der Waals surface area contributed by atoms with Gasteiger partial charge in [-0.3, -0.25) is 0 Å². The van der Waals surface area contributed by atoms with E-state index >= 15 is 0 Å². The number of hydrogen-bond acceptors (Lipinski definition) is 11. The summed E-state index contributed by atoms with van der Waals surface area (Å²) in [7, 11) is -3.30. The molecule has 0 spiro atoms. The minimum atomic E-state index is -4.44. The van der Waals surface area contributed by atoms with Gasteiger partial charge in [0.15, 0.2) is 9.84 Å². The van der Waals surface area contributed by atoms with Gasteiger partial charge in [-0.1, -0.05) is 30.3 Å². The van der Waals surface area contributed by atoms with Crippen LogP contribution in [0.2, 0.25) is 0 Å². The average molecular weight is 629 g/mol. The zero-order valence-corrected chi connectivity index (χ0v) is 24.6. The molecule has 232 valence electrons. The molecular weight excluding hydrogens is 597 g/mol. The van der Waals surface area contributed by atoms with Gasteiger partial charge in [0.1, 0.15) is 18.2 Å². The molecule has 44 heavy (non-hydrogen) atoms. The molecule has 15 heteroatoms. The predicted molar refractivity (Wildman–Crippen MR) is 161 cm³/mol. The molecule has 0 unspecified atom stereocenters. The second kappa shape index (κ2) is 13.3. The highest BCUT2D eigenvalue weighted by Crippen LogP contribution is 2.29. The number of nitrogens with one attached hydrogen (secondary N) is 2. The lowest BCUT2D eigenvalue weighted by molar-refractivity contribution is -0.137. The number of para-hydroxylation sites is 1. The van der Waals surface area contributed by atoms with Crippen molar-refractivity contribution in [2.75, 3.05) is 66.0 Å². The van der Waals surface area contributed by atoms with E-state index in [9.17, 15) is 21.6 Å². The van der Waals surface area contributed by atoms with Gasteiger partial charge in [0.05, 0.1) is 17.0 Å². The van der Waals surface area contributed by atoms with E-state index in [1.807, 2.05) is 40.1 Å². The monoisotopic (exact) mass is 628 g/mol. The number of aromatic nitrogens is 4. The van der Waals surface area contributed by atoms with Crippen LogP contribution in [-0.2, 0) is 22.6 Å². The van der Waals surface area contributed by atoms with Crippen LogP contribution in [0.3, 0.4) is 0 Å². The van der Waals surface area contributed by atoms with Gasteiger partial charge in [0.25, 0.3) is 0 Å². The van der Waals surface area contributed by atoms with Crippen LogP contribution in [0.1, 0.15) is 11.1 Å². The number of rotatable bonds is 11. The summed E-state index contributed by atoms with van der Waals surface area (Å²) in [6, 6.07) is 18.4. The number of ether oxygens (including phenoxy) is 1. The third-order valence-corrected chi connectivity index (χ3v) is 7.91. The SMILES string of the molecule is CS(=O)(=O)c1ccc(CNc2nc(NCCOc3ccccc3)nc(N3CCN(c4ccc(C(F)(F)F)cn4)CC3)n2)cc1. The molecule has 2 N–H and O–H groups in total. The van der Waals surface area contributed by atoms with Gasteiger partial charge in [-0.25, -0.2) is 13.4 Å². The second-order valence-electron chi connectivity index (χ2n) is 10.0. The summed E-state index contributed by atoms with van der Waals surface area (Å²) < 4.78 is 68.1. The summed E-state index contributed by atoms with van der Waals surface area (Å²) in [6.45, 7) is 3.18. The molecule has 2 aromatic carbocycles. The van der Waals surface area contributed by atoms with E-state index in [4.69, 9.17) is 4.74 Å². The minimum Gasteiger partial charge on any atom is -0.492 e. The van der Waals surface area contributed by atoms with E-state index in [0.717, 1.165) is 29.8 Å². The van der Waals surface area contributed by atoms with Crippen LogP contribution in [0.5, 0.6) is 5.75 Å². The Bertz CT molecular complexity index is 1630. The zero-order chi connectivity index (χ0) is 31.2. The molecule has 3 heterocycles. The van der Waals surface area contributed by atoms with Gasteiger partial charge in [-0.15, -0.1) is 0 Å². The average Bonchev–Trinajstić information content (AvgIpc) is 3.02. The van der Waals surface area contributed by atoms with Gasteiger partial charge in [0.2, 0.25) is 17.8 Å². The number of alkyl halides is 3. The number of benzene rings is 2. The Labute approximate surface area is 253 Å². The molecule has 0 aliphatic carbocycles. The first-order valence-corrected chi connectivity index (χ1v) is 15.7. The Hall–Kier alpha value is -4.66. The molecule has 2 aromatic heterocycles. The summed E-state index contributed by atoms with van der Waals surface area (Å²) in [5.74, 6) is 2.31. The number of anilines is 4. The summed E-state index contributed by atoms with van der Waals surface area (Å²) in [5, 5.41) is 6.36. The van der Waals surface area contributed by atoms with E-state index < -0.39 is 21.6 Å². The highest BCUT2D eigenvalue weighted by atomic mass is 32.2. The Morgan fingerprint density at radius 3 is 2.11 bits per heavy atom. The smallest absolute Gasteiger partial charge is 0.417 e. The van der Waals surface area contributed by atoms with Crippen LogP contribution in [-0.4, -0.2) is 73.9 Å². The molecule has 1 aliphatic heterocycles. The summed E-state index contributed by atoms with van der Waals surface area (Å²) >= 11 is 0. The Morgan fingerprint density at radius 2 is 1.50 bits per heavy atom. The largest absolute Gasteiger partial charge is 0.492 e. The normalized spacial score (nSPS) is 13.9. The van der Waals surface area contributed by atoms with Crippen LogP contribution in [0.25, 0.3) is 0 Å². The summed E-state index contributed by atoms with van der Waals surface area (Å²) in [6.07, 6.45) is -2.43. The third kappa shape index (κ3) is 8.24. The number of sulfone groups is 1. The lowest BCUT2D eigenvalue weighted by Gasteiger charge is -2.35. The molecule has 1 saturated heterocycles. The molecule has 11 nitrogen and oxygen atoms in total. The van der Waals surface area contributed by atoms with Crippen LogP contribution < -0.4 is 25.2 Å². The van der Waals surface area contributed by atoms with Crippen molar-refractivity contribution in [3.05, 3.63) is 84.1 Å². The summed E-state index contributed by atoms with van der Waals surface area (Å²) in [5.41, 5.74) is 0.0495. The molecule has 5 rings (SSSR count). The highest BCUT2D eigenvalue weighted by molar-refractivity contribution is 7.90. The number of piperazine rings is 1. The van der Waals surface area contributed by atoms with E-state index in [1.165, 1.54) is 6.07 Å². The van der Waals surface area contributed by atoms with Crippen LogP contribution in [0, 0.1) is 0 Å². The lowest BCUT2D eigenvalue weighted by Crippen LogP contribution is -2.47. The third-order valence-electron chi connectivity index (χ3n) is 6.78. The van der Waals surface area contributed by atoms with Gasteiger partial charge in [-0.05, 0) is 42.0 Å². The standard InChI is InChI=1S/C29H31F3N8O3S/c1-44(41,42)24-10-7-21(8-11-24)19-35-27-36-26(33-13-18-43-23-5-3-2-4-6-23)37-28(38-27)40-16-14-39(15-17-40)25-12-9-22(20-34-25)29(30,31)32/h2-12,20H,13-19H2,1H3,(H2,33,35,36,37,38). The summed E-state index contributed by atoms with van der Waals surface area (Å²) in [4.78, 5) is 21.8. The zero-order valence-electron chi connectivity index (χ0n) is 23.8. The molecule has 4 aromatic rings. The van der Waals surface area contributed by atoms with Crippen molar-refractivity contribution >= 4 is 33.5 Å². The van der Waals surface area contributed by atoms with E-state index in [2.05, 4.69) is 30.6 Å². The fraction of sp³-hybridized carbons (Fsp3) is 0.310. The van der Waals surface area contributed by atoms with E-state index in [0.29, 0.717) is 69.5 Å². The Kier molecular flexibility index (Phi) is 9.32. The molecule has 0 radical (unpaired) electrons. The van der Waals surface area contributed by atoms with Crippen molar-refractivity contribution in [2.24, 2.45) is 0 Å². The van der Waals surface area contributed by atoms with Gasteiger partial charge >= 0.3 is 6.18 Å². The first kappa shape index (κ1) is 30.8. The molecule has 0 saturated carbocycles. The van der Waals surface area contributed by atoms with Crippen molar-refractivity contribution < 1.29 is 26.3 Å². The first-order valence-electron chi connectivity index (χ1n) is 13.8. The highest BCUT2D eigenvalue weighted by Gasteiger charge is 2.31. The molecule has 1 aliphatic rings. The molecule has 1 fully saturated rings. The predicted octanol–water partition coefficient (Wildman–Crippen LogP) is 4.12. The number of hydrogen-bond donors (Lipinski definition) is 2. The molecule has 0 atom stereocenters. The van der Waals surface area contributed by atoms with Gasteiger partial charge in [0, 0.05) is 45.2 Å². The quantitative estimate of drug-likeness (QED) is 0.233. The Balaban J connectivity index is 1.26. The number of pyridine rings is 1. The maximum Gasteiger partial charge on any atom is 0.417 e. The fourth-order valence-electron chi connectivity index (χ4n) is 4.42. The van der Waals surface area contributed by atoms with Crippen molar-refractivity contribution in [1.29, 1.82) is 0 Å². The lowest BCUT2D eigenvalue weighted by atomic mass is 10.2. The second-order valence-corrected chi connectivity index (χ2v) is 12.0. The first-order chi connectivity index (χ1) is 21.0. The maximum atomic E-state index is 12.9. The minimum absolute atomic E-state index is 0.235. The van der Waals surface area contributed by atoms with Crippen LogP contribution >= 0.6 is 0 Å². The molecule has 0 bridgehead atoms. The number of halogens is 3. The van der Waals surface area contributed by atoms with Crippen LogP contribution in [0.4, 0.5) is 36.8 Å². The van der Waals surface area contributed by atoms with E-state index in [1.54, 1.807) is 24.3 Å². The van der Waals surface area contributed by atoms with Crippen molar-refractivity contribution in [3.63, 3.8) is 0 Å². The Morgan fingerprint density at radius 1 is 0.841 bits per heavy atom. The van der Waals surface area contributed by atoms with Crippen LogP contribution in [0.15, 0.2) is 77.8 Å². The van der Waals surface area contributed by atoms with Crippen molar-refractivity contribution in [3.8, 4) is 5.75 Å². The molecular formula is C29H31F3N8O3S. The maximum absolute atomic E-state index is 12.9. The van der Waals surface area contributed by atoms with E-state index in [-0.39, 0.29) is 4.90 Å². The van der Waals surface area contributed by atoms with Crippen molar-refractivity contribution in [1.82, 2.24) is 19.9 Å². The van der Waals surface area contributed by atoms with Gasteiger partial charge < -0.3 is 25.2 Å². The number of nitrogens with zero attached hydrogens (tertiary/aromatic N) is 6.